The van der Waals surface area contributed by atoms with Gasteiger partial charge in [0.2, 0.25) is 11.8 Å². The Labute approximate surface area is 112 Å². The summed E-state index contributed by atoms with van der Waals surface area (Å²) < 4.78 is 0. The summed E-state index contributed by atoms with van der Waals surface area (Å²) in [6.45, 7) is 2.67. The van der Waals surface area contributed by atoms with E-state index < -0.39 is 11.9 Å². The van der Waals surface area contributed by atoms with Crippen LogP contribution in [0.2, 0.25) is 0 Å². The van der Waals surface area contributed by atoms with E-state index in [1.165, 1.54) is 5.56 Å². The molecule has 0 saturated heterocycles. The van der Waals surface area contributed by atoms with Crippen LogP contribution in [0, 0.1) is 6.92 Å². The van der Waals surface area contributed by atoms with Crippen LogP contribution in [-0.4, -0.2) is 24.4 Å². The van der Waals surface area contributed by atoms with Gasteiger partial charge in [0.15, 0.2) is 0 Å². The fourth-order valence-corrected chi connectivity index (χ4v) is 2.46. The van der Waals surface area contributed by atoms with Crippen LogP contribution in [-0.2, 0) is 16.0 Å². The zero-order valence-corrected chi connectivity index (χ0v) is 11.1. The third-order valence-corrected chi connectivity index (χ3v) is 3.36. The molecule has 0 aromatic heterocycles. The van der Waals surface area contributed by atoms with Gasteiger partial charge in [0.1, 0.15) is 0 Å². The minimum absolute atomic E-state index is 0.115. The summed E-state index contributed by atoms with van der Waals surface area (Å²) in [7, 11) is 0. The Morgan fingerprint density at radius 1 is 1.42 bits per heavy atom. The zero-order valence-electron chi connectivity index (χ0n) is 11.1. The van der Waals surface area contributed by atoms with Crippen LogP contribution in [0.15, 0.2) is 18.2 Å². The number of fused-ring (bicyclic) bond motifs is 1. The lowest BCUT2D eigenvalue weighted by Gasteiger charge is -2.31. The molecule has 0 aliphatic carbocycles. The molecule has 1 aromatic rings. The fourth-order valence-electron chi connectivity index (χ4n) is 2.46. The molecule has 2 amide bonds. The Kier molecular flexibility index (Phi) is 3.85. The van der Waals surface area contributed by atoms with E-state index in [0.717, 1.165) is 24.1 Å². The second-order valence-corrected chi connectivity index (χ2v) is 5.00. The Hall–Kier alpha value is -1.88. The smallest absolute Gasteiger partial charge is 0.244 e. The molecule has 0 saturated carbocycles. The van der Waals surface area contributed by atoms with E-state index in [9.17, 15) is 9.59 Å². The van der Waals surface area contributed by atoms with Crippen molar-refractivity contribution in [2.24, 2.45) is 11.5 Å². The van der Waals surface area contributed by atoms with Crippen molar-refractivity contribution in [2.45, 2.75) is 32.2 Å². The summed E-state index contributed by atoms with van der Waals surface area (Å²) in [5.74, 6) is -0.786. The molecule has 0 fully saturated rings. The molecule has 19 heavy (non-hydrogen) atoms. The minimum Gasteiger partial charge on any atom is -0.370 e. The standard InChI is InChI=1S/C14H19N3O2/c1-9-4-5-12-10(7-9)3-2-6-17(12)14(19)11(15)8-13(16)18/h4-5,7,11H,2-3,6,8,15H2,1H3,(H2,16,18). The number of anilines is 1. The highest BCUT2D eigenvalue weighted by atomic mass is 16.2. The highest BCUT2D eigenvalue weighted by Gasteiger charge is 2.27. The molecule has 1 atom stereocenters. The first-order valence-electron chi connectivity index (χ1n) is 6.44. The lowest BCUT2D eigenvalue weighted by Crippen LogP contribution is -2.47. The van der Waals surface area contributed by atoms with Gasteiger partial charge in [-0.25, -0.2) is 0 Å². The molecule has 1 aliphatic rings. The number of carbonyl (C=O) groups is 2. The van der Waals surface area contributed by atoms with Gasteiger partial charge in [-0.2, -0.15) is 0 Å². The number of carbonyl (C=O) groups excluding carboxylic acids is 2. The molecule has 5 heteroatoms. The van der Waals surface area contributed by atoms with E-state index >= 15 is 0 Å². The zero-order chi connectivity index (χ0) is 14.0. The van der Waals surface area contributed by atoms with Crippen LogP contribution in [0.25, 0.3) is 0 Å². The van der Waals surface area contributed by atoms with Crippen LogP contribution < -0.4 is 16.4 Å². The number of aryl methyl sites for hydroxylation is 2. The number of primary amides is 1. The Bertz CT molecular complexity index is 513. The third kappa shape index (κ3) is 2.93. The van der Waals surface area contributed by atoms with Crippen molar-refractivity contribution in [1.29, 1.82) is 0 Å². The number of amides is 2. The molecule has 5 nitrogen and oxygen atoms in total. The van der Waals surface area contributed by atoms with Gasteiger partial charge in [0.05, 0.1) is 12.5 Å². The second-order valence-electron chi connectivity index (χ2n) is 5.00. The summed E-state index contributed by atoms with van der Waals surface area (Å²) in [4.78, 5) is 24.8. The number of hydrogen-bond donors (Lipinski definition) is 2. The van der Waals surface area contributed by atoms with E-state index in [-0.39, 0.29) is 12.3 Å². The Morgan fingerprint density at radius 2 is 2.16 bits per heavy atom. The minimum atomic E-state index is -0.857. The first-order valence-corrected chi connectivity index (χ1v) is 6.44. The average Bonchev–Trinajstić information content (AvgIpc) is 2.36. The monoisotopic (exact) mass is 261 g/mol. The second kappa shape index (κ2) is 5.40. The molecule has 4 N–H and O–H groups in total. The summed E-state index contributed by atoms with van der Waals surface area (Å²) in [5, 5.41) is 0. The Morgan fingerprint density at radius 3 is 2.84 bits per heavy atom. The largest absolute Gasteiger partial charge is 0.370 e. The lowest BCUT2D eigenvalue weighted by atomic mass is 9.98. The maximum atomic E-state index is 12.3. The summed E-state index contributed by atoms with van der Waals surface area (Å²) in [6.07, 6.45) is 1.76. The molecule has 1 heterocycles. The van der Waals surface area contributed by atoms with E-state index in [0.29, 0.717) is 6.54 Å². The number of nitrogens with zero attached hydrogens (tertiary/aromatic N) is 1. The molecule has 1 aromatic carbocycles. The third-order valence-electron chi connectivity index (χ3n) is 3.36. The summed E-state index contributed by atoms with van der Waals surface area (Å²) >= 11 is 0. The molecular formula is C14H19N3O2. The van der Waals surface area contributed by atoms with E-state index in [1.54, 1.807) is 4.90 Å². The van der Waals surface area contributed by atoms with Crippen LogP contribution in [0.3, 0.4) is 0 Å². The highest BCUT2D eigenvalue weighted by molar-refractivity contribution is 6.00. The fraction of sp³-hybridized carbons (Fsp3) is 0.429. The molecular weight excluding hydrogens is 242 g/mol. The lowest BCUT2D eigenvalue weighted by molar-refractivity contribution is -0.124. The number of nitrogens with two attached hydrogens (primary N) is 2. The number of hydrogen-bond acceptors (Lipinski definition) is 3. The van der Waals surface area contributed by atoms with Crippen LogP contribution in [0.5, 0.6) is 0 Å². The SMILES string of the molecule is Cc1ccc2c(c1)CCCN2C(=O)C(N)CC(N)=O. The first-order chi connectivity index (χ1) is 8.99. The summed E-state index contributed by atoms with van der Waals surface area (Å²) in [6, 6.07) is 5.15. The molecule has 102 valence electrons. The maximum Gasteiger partial charge on any atom is 0.244 e. The van der Waals surface area contributed by atoms with E-state index in [2.05, 4.69) is 6.07 Å². The Balaban J connectivity index is 2.23. The first kappa shape index (κ1) is 13.5. The van der Waals surface area contributed by atoms with Crippen LogP contribution in [0.4, 0.5) is 5.69 Å². The predicted octanol–water partition coefficient (Wildman–Crippen LogP) is 0.477. The van der Waals surface area contributed by atoms with Crippen molar-refractivity contribution in [3.05, 3.63) is 29.3 Å². The number of benzene rings is 1. The highest BCUT2D eigenvalue weighted by Crippen LogP contribution is 2.28. The molecule has 1 unspecified atom stereocenters. The molecule has 0 bridgehead atoms. The van der Waals surface area contributed by atoms with E-state index in [1.807, 2.05) is 19.1 Å². The van der Waals surface area contributed by atoms with Gasteiger partial charge < -0.3 is 16.4 Å². The molecule has 2 rings (SSSR count). The van der Waals surface area contributed by atoms with Gasteiger partial charge in [-0.3, -0.25) is 9.59 Å². The van der Waals surface area contributed by atoms with Crippen LogP contribution >= 0.6 is 0 Å². The number of rotatable bonds is 3. The topological polar surface area (TPSA) is 89.4 Å². The normalized spacial score (nSPS) is 15.8. The molecule has 1 aliphatic heterocycles. The van der Waals surface area contributed by atoms with Gasteiger partial charge in [-0.1, -0.05) is 17.7 Å². The molecule has 0 radical (unpaired) electrons. The average molecular weight is 261 g/mol. The summed E-state index contributed by atoms with van der Waals surface area (Å²) in [5.41, 5.74) is 14.1. The van der Waals surface area contributed by atoms with Crippen molar-refractivity contribution >= 4 is 17.5 Å². The van der Waals surface area contributed by atoms with Crippen LogP contribution in [0.1, 0.15) is 24.0 Å². The van der Waals surface area contributed by atoms with Gasteiger partial charge in [-0.05, 0) is 31.4 Å². The molecule has 0 spiro atoms. The quantitative estimate of drug-likeness (QED) is 0.829. The van der Waals surface area contributed by atoms with Gasteiger partial charge in [0.25, 0.3) is 0 Å². The van der Waals surface area contributed by atoms with Gasteiger partial charge >= 0.3 is 0 Å². The van der Waals surface area contributed by atoms with Crippen molar-refractivity contribution in [1.82, 2.24) is 0 Å². The van der Waals surface area contributed by atoms with Crippen molar-refractivity contribution in [3.63, 3.8) is 0 Å². The van der Waals surface area contributed by atoms with Gasteiger partial charge in [0, 0.05) is 12.2 Å². The maximum absolute atomic E-state index is 12.3. The van der Waals surface area contributed by atoms with Gasteiger partial charge in [-0.15, -0.1) is 0 Å². The van der Waals surface area contributed by atoms with Crippen molar-refractivity contribution in [2.75, 3.05) is 11.4 Å². The predicted molar refractivity (Wildman–Crippen MR) is 73.6 cm³/mol. The van der Waals surface area contributed by atoms with Crippen molar-refractivity contribution in [3.8, 4) is 0 Å². The van der Waals surface area contributed by atoms with E-state index in [4.69, 9.17) is 11.5 Å². The van der Waals surface area contributed by atoms with Crippen molar-refractivity contribution < 1.29 is 9.59 Å².